The van der Waals surface area contributed by atoms with Crippen LogP contribution in [0.25, 0.3) is 10.9 Å². The van der Waals surface area contributed by atoms with Crippen molar-refractivity contribution in [2.24, 2.45) is 7.05 Å². The molecule has 0 aliphatic carbocycles. The van der Waals surface area contributed by atoms with Gasteiger partial charge in [0, 0.05) is 23.9 Å². The molecule has 0 aliphatic rings. The smallest absolute Gasteiger partial charge is 0.0849 e. The summed E-state index contributed by atoms with van der Waals surface area (Å²) in [6.07, 6.45) is -0.135. The van der Waals surface area contributed by atoms with Crippen molar-refractivity contribution in [2.45, 2.75) is 19.4 Å². The molecule has 1 unspecified atom stereocenters. The lowest BCUT2D eigenvalue weighted by Gasteiger charge is -2.13. The summed E-state index contributed by atoms with van der Waals surface area (Å²) in [6.45, 7) is 1.93. The molecule has 3 nitrogen and oxygen atoms in total. The van der Waals surface area contributed by atoms with E-state index in [1.807, 2.05) is 61.1 Å². The predicted octanol–water partition coefficient (Wildman–Crippen LogP) is 3.81. The van der Waals surface area contributed by atoms with Crippen molar-refractivity contribution in [2.75, 3.05) is 0 Å². The molecule has 1 atom stereocenters. The average molecular weight is 301 g/mol. The van der Waals surface area contributed by atoms with Gasteiger partial charge in [0.05, 0.1) is 17.3 Å². The van der Waals surface area contributed by atoms with E-state index in [0.717, 1.165) is 27.7 Å². The number of rotatable bonds is 3. The lowest BCUT2D eigenvalue weighted by Crippen LogP contribution is -2.05. The van der Waals surface area contributed by atoms with Gasteiger partial charge in [0.1, 0.15) is 0 Å². The first-order chi connectivity index (χ1) is 10.1. The van der Waals surface area contributed by atoms with E-state index in [-0.39, 0.29) is 0 Å². The van der Waals surface area contributed by atoms with Crippen LogP contribution in [0.3, 0.4) is 0 Å². The summed E-state index contributed by atoms with van der Waals surface area (Å²) in [6, 6.07) is 13.7. The lowest BCUT2D eigenvalue weighted by atomic mass is 9.99. The van der Waals surface area contributed by atoms with Crippen LogP contribution in [0, 0.1) is 6.92 Å². The van der Waals surface area contributed by atoms with Crippen molar-refractivity contribution in [3.05, 3.63) is 64.3 Å². The first-order valence-corrected chi connectivity index (χ1v) is 7.29. The van der Waals surface area contributed by atoms with Gasteiger partial charge in [-0.25, -0.2) is 0 Å². The van der Waals surface area contributed by atoms with Gasteiger partial charge in [-0.15, -0.1) is 0 Å². The second-order valence-electron chi connectivity index (χ2n) is 5.26. The number of aliphatic hydroxyl groups excluding tert-OH is 1. The van der Waals surface area contributed by atoms with E-state index >= 15 is 0 Å². The Balaban J connectivity index is 1.97. The van der Waals surface area contributed by atoms with E-state index in [0.29, 0.717) is 11.4 Å². The van der Waals surface area contributed by atoms with Crippen molar-refractivity contribution in [3.8, 4) is 0 Å². The Morgan fingerprint density at radius 1 is 1.19 bits per heavy atom. The van der Waals surface area contributed by atoms with Crippen molar-refractivity contribution >= 4 is 22.5 Å². The number of aryl methyl sites for hydroxylation is 1. The summed E-state index contributed by atoms with van der Waals surface area (Å²) >= 11 is 6.13. The number of hydrogen-bond donors (Lipinski definition) is 1. The number of benzene rings is 2. The molecule has 1 aromatic heterocycles. The van der Waals surface area contributed by atoms with Crippen LogP contribution in [-0.4, -0.2) is 14.9 Å². The molecule has 0 saturated heterocycles. The number of nitrogens with zero attached hydrogens (tertiary/aromatic N) is 2. The van der Waals surface area contributed by atoms with Crippen LogP contribution in [0.1, 0.15) is 22.9 Å². The fraction of sp³-hybridized carbons (Fsp3) is 0.235. The molecule has 1 N–H and O–H groups in total. The Morgan fingerprint density at radius 3 is 2.76 bits per heavy atom. The molecular formula is C17H17ClN2O. The fourth-order valence-corrected chi connectivity index (χ4v) is 2.90. The fourth-order valence-electron chi connectivity index (χ4n) is 2.72. The molecule has 108 valence electrons. The second-order valence-corrected chi connectivity index (χ2v) is 5.67. The molecule has 21 heavy (non-hydrogen) atoms. The van der Waals surface area contributed by atoms with Gasteiger partial charge in [0.15, 0.2) is 0 Å². The third kappa shape index (κ3) is 2.55. The third-order valence-electron chi connectivity index (χ3n) is 3.89. The first kappa shape index (κ1) is 14.1. The van der Waals surface area contributed by atoms with Crippen LogP contribution in [0.5, 0.6) is 0 Å². The molecule has 1 heterocycles. The summed E-state index contributed by atoms with van der Waals surface area (Å²) in [5, 5.41) is 16.8. The van der Waals surface area contributed by atoms with Gasteiger partial charge in [0.2, 0.25) is 0 Å². The van der Waals surface area contributed by atoms with E-state index in [4.69, 9.17) is 11.6 Å². The molecule has 4 heteroatoms. The molecule has 0 saturated carbocycles. The zero-order chi connectivity index (χ0) is 15.0. The Kier molecular flexibility index (Phi) is 3.70. The normalized spacial score (nSPS) is 12.8. The molecule has 2 aromatic carbocycles. The minimum Gasteiger partial charge on any atom is -0.388 e. The molecule has 3 rings (SSSR count). The number of fused-ring (bicyclic) bond motifs is 1. The molecule has 0 bridgehead atoms. The number of halogens is 1. The minimum atomic E-state index is -0.609. The highest BCUT2D eigenvalue weighted by molar-refractivity contribution is 6.31. The predicted molar refractivity (Wildman–Crippen MR) is 85.6 cm³/mol. The molecule has 0 spiro atoms. The van der Waals surface area contributed by atoms with Gasteiger partial charge in [-0.2, -0.15) is 5.10 Å². The standard InChI is InChI=1S/C17H17ClN2O/c1-11-12(7-5-8-14(11)18)17(21)10-15-13-6-3-4-9-16(13)20(2)19-15/h3-9,17,21H,10H2,1-2H3. The summed E-state index contributed by atoms with van der Waals surface area (Å²) in [4.78, 5) is 0. The summed E-state index contributed by atoms with van der Waals surface area (Å²) in [5.41, 5.74) is 3.76. The molecular weight excluding hydrogens is 284 g/mol. The Hall–Kier alpha value is -1.84. The Bertz CT molecular complexity index is 795. The van der Waals surface area contributed by atoms with Crippen molar-refractivity contribution < 1.29 is 5.11 Å². The third-order valence-corrected chi connectivity index (χ3v) is 4.30. The maximum Gasteiger partial charge on any atom is 0.0849 e. The molecule has 0 radical (unpaired) electrons. The monoisotopic (exact) mass is 300 g/mol. The van der Waals surface area contributed by atoms with Gasteiger partial charge >= 0.3 is 0 Å². The summed E-state index contributed by atoms with van der Waals surface area (Å²) in [7, 11) is 1.92. The number of hydrogen-bond acceptors (Lipinski definition) is 2. The number of aliphatic hydroxyl groups is 1. The van der Waals surface area contributed by atoms with Gasteiger partial charge in [-0.3, -0.25) is 4.68 Å². The van der Waals surface area contributed by atoms with Crippen LogP contribution in [-0.2, 0) is 13.5 Å². The molecule has 0 fully saturated rings. The zero-order valence-corrected chi connectivity index (χ0v) is 12.8. The SMILES string of the molecule is Cc1c(Cl)cccc1C(O)Cc1nn(C)c2ccccc12. The van der Waals surface area contributed by atoms with Crippen molar-refractivity contribution in [3.63, 3.8) is 0 Å². The topological polar surface area (TPSA) is 38.1 Å². The highest BCUT2D eigenvalue weighted by Gasteiger charge is 2.16. The lowest BCUT2D eigenvalue weighted by molar-refractivity contribution is 0.176. The average Bonchev–Trinajstić information content (AvgIpc) is 2.79. The largest absolute Gasteiger partial charge is 0.388 e. The molecule has 3 aromatic rings. The maximum absolute atomic E-state index is 10.5. The van der Waals surface area contributed by atoms with Crippen LogP contribution in [0.4, 0.5) is 0 Å². The molecule has 0 aliphatic heterocycles. The quantitative estimate of drug-likeness (QED) is 0.798. The van der Waals surface area contributed by atoms with E-state index < -0.39 is 6.10 Å². The summed E-state index contributed by atoms with van der Waals surface area (Å²) < 4.78 is 1.85. The number of aromatic nitrogens is 2. The maximum atomic E-state index is 10.5. The Morgan fingerprint density at radius 2 is 1.95 bits per heavy atom. The van der Waals surface area contributed by atoms with Crippen LogP contribution in [0.2, 0.25) is 5.02 Å². The number of para-hydroxylation sites is 1. The van der Waals surface area contributed by atoms with Gasteiger partial charge in [0.25, 0.3) is 0 Å². The van der Waals surface area contributed by atoms with Gasteiger partial charge < -0.3 is 5.11 Å². The van der Waals surface area contributed by atoms with Crippen molar-refractivity contribution in [1.82, 2.24) is 9.78 Å². The Labute approximate surface area is 128 Å². The summed E-state index contributed by atoms with van der Waals surface area (Å²) in [5.74, 6) is 0. The van der Waals surface area contributed by atoms with E-state index in [9.17, 15) is 5.11 Å². The van der Waals surface area contributed by atoms with Gasteiger partial charge in [-0.05, 0) is 30.2 Å². The van der Waals surface area contributed by atoms with Crippen LogP contribution < -0.4 is 0 Å². The van der Waals surface area contributed by atoms with E-state index in [2.05, 4.69) is 5.10 Å². The molecule has 0 amide bonds. The highest BCUT2D eigenvalue weighted by atomic mass is 35.5. The van der Waals surface area contributed by atoms with Crippen molar-refractivity contribution in [1.29, 1.82) is 0 Å². The van der Waals surface area contributed by atoms with E-state index in [1.165, 1.54) is 0 Å². The zero-order valence-electron chi connectivity index (χ0n) is 12.0. The highest BCUT2D eigenvalue weighted by Crippen LogP contribution is 2.28. The first-order valence-electron chi connectivity index (χ1n) is 6.91. The van der Waals surface area contributed by atoms with Gasteiger partial charge in [-0.1, -0.05) is 41.9 Å². The van der Waals surface area contributed by atoms with Crippen LogP contribution >= 0.6 is 11.6 Å². The second kappa shape index (κ2) is 5.51. The van der Waals surface area contributed by atoms with E-state index in [1.54, 1.807) is 0 Å². The minimum absolute atomic E-state index is 0.475. The van der Waals surface area contributed by atoms with Crippen LogP contribution in [0.15, 0.2) is 42.5 Å².